The summed E-state index contributed by atoms with van der Waals surface area (Å²) in [6.07, 6.45) is 7.86. The van der Waals surface area contributed by atoms with E-state index in [-0.39, 0.29) is 17.5 Å². The average molecular weight is 577 g/mol. The molecule has 0 atom stereocenters. The zero-order valence-electron chi connectivity index (χ0n) is 23.9. The van der Waals surface area contributed by atoms with E-state index in [1.165, 1.54) is 36.7 Å². The van der Waals surface area contributed by atoms with Crippen molar-refractivity contribution in [2.75, 3.05) is 5.75 Å². The van der Waals surface area contributed by atoms with E-state index in [0.717, 1.165) is 74.5 Å². The Labute approximate surface area is 241 Å². The van der Waals surface area contributed by atoms with Crippen molar-refractivity contribution < 1.29 is 22.3 Å². The lowest BCUT2D eigenvalue weighted by molar-refractivity contribution is -0.224. The predicted octanol–water partition coefficient (Wildman–Crippen LogP) is 11.1. The summed E-state index contributed by atoms with van der Waals surface area (Å²) >= 11 is 1.34. The molecule has 0 bridgehead atoms. The minimum atomic E-state index is -3.31. The van der Waals surface area contributed by atoms with Gasteiger partial charge in [-0.2, -0.15) is 8.78 Å². The lowest BCUT2D eigenvalue weighted by Gasteiger charge is -2.39. The van der Waals surface area contributed by atoms with Gasteiger partial charge in [0.15, 0.2) is 0 Å². The molecule has 2 aromatic rings. The van der Waals surface area contributed by atoms with E-state index in [1.54, 1.807) is 6.07 Å². The van der Waals surface area contributed by atoms with Crippen LogP contribution < -0.4 is 4.74 Å². The number of halogens is 4. The molecule has 0 spiro atoms. The van der Waals surface area contributed by atoms with Crippen LogP contribution in [0.4, 0.5) is 17.6 Å². The van der Waals surface area contributed by atoms with Crippen molar-refractivity contribution in [2.45, 2.75) is 114 Å². The molecule has 220 valence electrons. The van der Waals surface area contributed by atoms with Gasteiger partial charge >= 0.3 is 6.11 Å². The molecule has 0 aliphatic heterocycles. The molecule has 3 aliphatic carbocycles. The zero-order chi connectivity index (χ0) is 28.3. The summed E-state index contributed by atoms with van der Waals surface area (Å²) in [5.41, 5.74) is 2.03. The summed E-state index contributed by atoms with van der Waals surface area (Å²) in [6, 6.07) is 10.0. The minimum Gasteiger partial charge on any atom is -0.432 e. The van der Waals surface area contributed by atoms with Gasteiger partial charge in [-0.25, -0.2) is 8.78 Å². The van der Waals surface area contributed by atoms with Gasteiger partial charge in [-0.15, -0.1) is 11.8 Å². The zero-order valence-corrected chi connectivity index (χ0v) is 24.8. The molecule has 2 aromatic carbocycles. The largest absolute Gasteiger partial charge is 0.432 e. The molecule has 40 heavy (non-hydrogen) atoms. The van der Waals surface area contributed by atoms with Gasteiger partial charge < -0.3 is 4.74 Å². The average Bonchev–Trinajstić information content (AvgIpc) is 2.95. The van der Waals surface area contributed by atoms with Crippen LogP contribution in [-0.2, 0) is 0 Å². The first-order chi connectivity index (χ1) is 19.2. The van der Waals surface area contributed by atoms with Gasteiger partial charge in [0.1, 0.15) is 17.4 Å². The molecule has 0 saturated heterocycles. The van der Waals surface area contributed by atoms with Gasteiger partial charge in [-0.05, 0) is 129 Å². The van der Waals surface area contributed by atoms with E-state index in [0.29, 0.717) is 41.2 Å². The molecule has 0 heterocycles. The van der Waals surface area contributed by atoms with E-state index in [4.69, 9.17) is 4.74 Å². The van der Waals surface area contributed by atoms with Crippen LogP contribution in [0.2, 0.25) is 0 Å². The second-order valence-electron chi connectivity index (χ2n) is 12.7. The Morgan fingerprint density at radius 1 is 0.750 bits per heavy atom. The monoisotopic (exact) mass is 576 g/mol. The Balaban J connectivity index is 1.10. The Hall–Kier alpha value is -1.69. The number of thioether (sulfide) groups is 1. The Morgan fingerprint density at radius 2 is 1.38 bits per heavy atom. The highest BCUT2D eigenvalue weighted by Gasteiger charge is 2.45. The second-order valence-corrected chi connectivity index (χ2v) is 14.0. The van der Waals surface area contributed by atoms with Gasteiger partial charge in [0.2, 0.25) is 0 Å². The van der Waals surface area contributed by atoms with Crippen LogP contribution in [0.25, 0.3) is 0 Å². The van der Waals surface area contributed by atoms with Crippen LogP contribution in [0.15, 0.2) is 41.3 Å². The molecule has 0 aromatic heterocycles. The van der Waals surface area contributed by atoms with Gasteiger partial charge in [0.05, 0.1) is 5.92 Å². The van der Waals surface area contributed by atoms with Crippen molar-refractivity contribution in [2.24, 2.45) is 23.7 Å². The van der Waals surface area contributed by atoms with Crippen molar-refractivity contribution in [3.63, 3.8) is 0 Å². The molecular formula is C34H44F4OS. The van der Waals surface area contributed by atoms with Crippen LogP contribution in [0, 0.1) is 35.3 Å². The molecule has 0 unspecified atom stereocenters. The molecular weight excluding hydrogens is 532 g/mol. The maximum atomic E-state index is 15.2. The lowest BCUT2D eigenvalue weighted by Crippen LogP contribution is -2.38. The summed E-state index contributed by atoms with van der Waals surface area (Å²) in [7, 11) is 0. The van der Waals surface area contributed by atoms with Crippen LogP contribution >= 0.6 is 11.8 Å². The SMILES string of the molecule is CCSc1ccc(OC(F)(F)C2CCC(C3CCC(c4ccc(C5CCC(C)CC5)cc4F)CC3)CC2)cc1F. The number of ether oxygens (including phenoxy) is 1. The summed E-state index contributed by atoms with van der Waals surface area (Å²) in [4.78, 5) is 0.447. The van der Waals surface area contributed by atoms with Crippen LogP contribution in [0.5, 0.6) is 5.75 Å². The second kappa shape index (κ2) is 13.1. The highest BCUT2D eigenvalue weighted by molar-refractivity contribution is 7.99. The molecule has 0 amide bonds. The van der Waals surface area contributed by atoms with Gasteiger partial charge in [-0.3, -0.25) is 0 Å². The number of alkyl halides is 2. The first kappa shape index (κ1) is 29.8. The van der Waals surface area contributed by atoms with Crippen molar-refractivity contribution >= 4 is 11.8 Å². The third-order valence-corrected chi connectivity index (χ3v) is 11.0. The van der Waals surface area contributed by atoms with E-state index in [9.17, 15) is 4.39 Å². The Bertz CT molecular complexity index is 1110. The summed E-state index contributed by atoms with van der Waals surface area (Å²) in [6.45, 7) is 4.23. The molecule has 3 aliphatic rings. The van der Waals surface area contributed by atoms with Crippen LogP contribution in [0.1, 0.15) is 114 Å². The fourth-order valence-electron chi connectivity index (χ4n) is 7.61. The first-order valence-electron chi connectivity index (χ1n) is 15.5. The summed E-state index contributed by atoms with van der Waals surface area (Å²) in [5, 5.41) is 0. The summed E-state index contributed by atoms with van der Waals surface area (Å²) < 4.78 is 64.5. The number of benzene rings is 2. The maximum absolute atomic E-state index is 15.2. The molecule has 0 N–H and O–H groups in total. The third kappa shape index (κ3) is 7.02. The van der Waals surface area contributed by atoms with Crippen molar-refractivity contribution in [3.05, 3.63) is 59.2 Å². The van der Waals surface area contributed by atoms with Crippen molar-refractivity contribution in [1.29, 1.82) is 0 Å². The Morgan fingerprint density at radius 3 is 1.98 bits per heavy atom. The van der Waals surface area contributed by atoms with E-state index in [1.807, 2.05) is 13.0 Å². The highest BCUT2D eigenvalue weighted by Crippen LogP contribution is 2.47. The van der Waals surface area contributed by atoms with Crippen molar-refractivity contribution in [3.8, 4) is 5.75 Å². The Kier molecular flexibility index (Phi) is 9.75. The molecule has 1 nitrogen and oxygen atoms in total. The number of rotatable bonds is 8. The van der Waals surface area contributed by atoms with Crippen molar-refractivity contribution in [1.82, 2.24) is 0 Å². The van der Waals surface area contributed by atoms with Gasteiger partial charge in [0.25, 0.3) is 0 Å². The number of hydrogen-bond donors (Lipinski definition) is 0. The molecule has 3 saturated carbocycles. The lowest BCUT2D eigenvalue weighted by atomic mass is 9.68. The standard InChI is InChI=1S/C34H44F4OS/c1-3-40-33-19-17-29(21-32(33)36)39-34(37,38)28-15-12-24(13-16-28)23-8-10-26(11-9-23)30-18-14-27(20-31(30)35)25-6-4-22(2)5-7-25/h14,17-26,28H,3-13,15-16H2,1-2H3. The van der Waals surface area contributed by atoms with Crippen LogP contribution in [-0.4, -0.2) is 11.9 Å². The fraction of sp³-hybridized carbons (Fsp3) is 0.647. The van der Waals surface area contributed by atoms with Crippen LogP contribution in [0.3, 0.4) is 0 Å². The topological polar surface area (TPSA) is 9.23 Å². The smallest absolute Gasteiger partial charge is 0.400 e. The van der Waals surface area contributed by atoms with E-state index < -0.39 is 17.8 Å². The first-order valence-corrected chi connectivity index (χ1v) is 16.5. The minimum absolute atomic E-state index is 0.0408. The summed E-state index contributed by atoms with van der Waals surface area (Å²) in [5.74, 6) is 1.69. The highest BCUT2D eigenvalue weighted by atomic mass is 32.2. The quantitative estimate of drug-likeness (QED) is 0.228. The fourth-order valence-corrected chi connectivity index (χ4v) is 8.28. The normalized spacial score (nSPS) is 29.8. The van der Waals surface area contributed by atoms with Gasteiger partial charge in [0, 0.05) is 11.0 Å². The molecule has 3 fully saturated rings. The molecule has 5 rings (SSSR count). The van der Waals surface area contributed by atoms with E-state index >= 15 is 13.2 Å². The van der Waals surface area contributed by atoms with E-state index in [2.05, 4.69) is 13.0 Å². The van der Waals surface area contributed by atoms with Gasteiger partial charge in [-0.1, -0.05) is 38.8 Å². The maximum Gasteiger partial charge on any atom is 0.400 e. The third-order valence-electron chi connectivity index (χ3n) is 10.1. The molecule has 6 heteroatoms. The predicted molar refractivity (Wildman–Crippen MR) is 155 cm³/mol. The number of hydrogen-bond acceptors (Lipinski definition) is 2. The molecule has 0 radical (unpaired) electrons.